The largest absolute Gasteiger partial charge is 0.144 e. The molecule has 0 fully saturated rings. The minimum atomic E-state index is 1.31. The fraction of sp³-hybridized carbons (Fsp3) is 0.0435. The molecule has 4 aromatic carbocycles. The van der Waals surface area contributed by atoms with Crippen LogP contribution in [0.5, 0.6) is 0 Å². The average Bonchev–Trinajstić information content (AvgIpc) is 3.15. The van der Waals surface area contributed by atoms with Gasteiger partial charge in [0.05, 0.1) is 0 Å². The number of fused-ring (bicyclic) bond motifs is 4. The maximum absolute atomic E-state index is 2.36. The predicted molar refractivity (Wildman–Crippen MR) is 107 cm³/mol. The van der Waals surface area contributed by atoms with E-state index in [9.17, 15) is 0 Å². The monoisotopic (exact) mass is 324 g/mol. The lowest BCUT2D eigenvalue weighted by atomic mass is 9.91. The van der Waals surface area contributed by atoms with Crippen LogP contribution in [0.25, 0.3) is 42.8 Å². The first-order valence-corrected chi connectivity index (χ1v) is 9.08. The summed E-state index contributed by atoms with van der Waals surface area (Å²) in [6, 6.07) is 26.6. The first-order chi connectivity index (χ1) is 11.8. The van der Waals surface area contributed by atoms with Gasteiger partial charge in [-0.1, -0.05) is 60.7 Å². The summed E-state index contributed by atoms with van der Waals surface area (Å²) in [6.45, 7) is 2.22. The Morgan fingerprint density at radius 3 is 2.17 bits per heavy atom. The molecule has 1 heterocycles. The smallest absolute Gasteiger partial charge is 0.0355 e. The van der Waals surface area contributed by atoms with Crippen LogP contribution in [0, 0.1) is 6.92 Å². The van der Waals surface area contributed by atoms with Crippen LogP contribution >= 0.6 is 11.3 Å². The van der Waals surface area contributed by atoms with Crippen molar-refractivity contribution in [3.8, 4) is 10.4 Å². The van der Waals surface area contributed by atoms with E-state index in [1.165, 1.54) is 48.3 Å². The normalized spacial score (nSPS) is 11.5. The van der Waals surface area contributed by atoms with Crippen molar-refractivity contribution in [2.24, 2.45) is 0 Å². The highest BCUT2D eigenvalue weighted by Gasteiger charge is 2.13. The van der Waals surface area contributed by atoms with Gasteiger partial charge in [0.15, 0.2) is 0 Å². The van der Waals surface area contributed by atoms with E-state index in [0.717, 1.165) is 0 Å². The lowest BCUT2D eigenvalue weighted by Crippen LogP contribution is -1.87. The molecule has 0 saturated carbocycles. The molecule has 0 saturated heterocycles. The standard InChI is InChI=1S/C23H16S/c1-15-13-21-20(19-10-5-4-8-17(15)19)14-16-7-2-3-9-18(16)23(21)22-11-6-12-24-22/h2-14H,1H3. The molecule has 0 amide bonds. The summed E-state index contributed by atoms with van der Waals surface area (Å²) >= 11 is 1.82. The molecule has 1 heteroatoms. The molecule has 5 aromatic rings. The Labute approximate surface area is 145 Å². The summed E-state index contributed by atoms with van der Waals surface area (Å²) in [7, 11) is 0. The first-order valence-electron chi connectivity index (χ1n) is 8.20. The molecular formula is C23H16S. The molecule has 0 aliphatic rings. The number of benzene rings is 4. The predicted octanol–water partition coefficient (Wildman–Crippen LogP) is 7.18. The highest BCUT2D eigenvalue weighted by Crippen LogP contribution is 2.41. The van der Waals surface area contributed by atoms with Gasteiger partial charge in [0.2, 0.25) is 0 Å². The molecule has 0 spiro atoms. The van der Waals surface area contributed by atoms with Gasteiger partial charge in [-0.2, -0.15) is 0 Å². The van der Waals surface area contributed by atoms with E-state index in [2.05, 4.69) is 85.1 Å². The highest BCUT2D eigenvalue weighted by molar-refractivity contribution is 7.13. The van der Waals surface area contributed by atoms with Crippen LogP contribution in [0.3, 0.4) is 0 Å². The molecule has 1 aromatic heterocycles. The van der Waals surface area contributed by atoms with Crippen LogP contribution in [0.1, 0.15) is 5.56 Å². The van der Waals surface area contributed by atoms with Gasteiger partial charge < -0.3 is 0 Å². The molecular weight excluding hydrogens is 308 g/mol. The maximum atomic E-state index is 2.36. The Bertz CT molecular complexity index is 1200. The van der Waals surface area contributed by atoms with Crippen molar-refractivity contribution in [3.05, 3.63) is 83.7 Å². The zero-order valence-corrected chi connectivity index (χ0v) is 14.2. The fourth-order valence-electron chi connectivity index (χ4n) is 3.78. The summed E-state index contributed by atoms with van der Waals surface area (Å²) in [5.41, 5.74) is 2.71. The minimum absolute atomic E-state index is 1.31. The summed E-state index contributed by atoms with van der Waals surface area (Å²) in [4.78, 5) is 1.34. The third-order valence-corrected chi connectivity index (χ3v) is 5.75. The van der Waals surface area contributed by atoms with Gasteiger partial charge in [-0.05, 0) is 62.3 Å². The van der Waals surface area contributed by atoms with Gasteiger partial charge in [-0.15, -0.1) is 11.3 Å². The number of rotatable bonds is 1. The molecule has 24 heavy (non-hydrogen) atoms. The van der Waals surface area contributed by atoms with E-state index in [1.807, 2.05) is 11.3 Å². The van der Waals surface area contributed by atoms with E-state index in [1.54, 1.807) is 0 Å². The Hall–Kier alpha value is -2.64. The fourth-order valence-corrected chi connectivity index (χ4v) is 4.58. The average molecular weight is 324 g/mol. The first kappa shape index (κ1) is 13.8. The van der Waals surface area contributed by atoms with Gasteiger partial charge >= 0.3 is 0 Å². The van der Waals surface area contributed by atoms with Crippen molar-refractivity contribution in [1.29, 1.82) is 0 Å². The van der Waals surface area contributed by atoms with Gasteiger partial charge in [0.25, 0.3) is 0 Å². The Morgan fingerprint density at radius 1 is 0.625 bits per heavy atom. The minimum Gasteiger partial charge on any atom is -0.144 e. The quantitative estimate of drug-likeness (QED) is 0.226. The molecule has 5 rings (SSSR count). The van der Waals surface area contributed by atoms with E-state index in [4.69, 9.17) is 0 Å². The van der Waals surface area contributed by atoms with Crippen molar-refractivity contribution in [3.63, 3.8) is 0 Å². The SMILES string of the molecule is Cc1cc2c(-c3cccs3)c3ccccc3cc2c2ccccc12. The van der Waals surface area contributed by atoms with Crippen LogP contribution in [-0.4, -0.2) is 0 Å². The third kappa shape index (κ3) is 1.92. The van der Waals surface area contributed by atoms with Crippen molar-refractivity contribution in [2.45, 2.75) is 6.92 Å². The van der Waals surface area contributed by atoms with Crippen molar-refractivity contribution < 1.29 is 0 Å². The maximum Gasteiger partial charge on any atom is 0.0355 e. The van der Waals surface area contributed by atoms with Gasteiger partial charge in [-0.25, -0.2) is 0 Å². The second kappa shape index (κ2) is 5.19. The van der Waals surface area contributed by atoms with E-state index < -0.39 is 0 Å². The molecule has 0 N–H and O–H groups in total. The van der Waals surface area contributed by atoms with Crippen molar-refractivity contribution in [2.75, 3.05) is 0 Å². The molecule has 114 valence electrons. The summed E-state index contributed by atoms with van der Waals surface area (Å²) in [5, 5.41) is 10.2. The topological polar surface area (TPSA) is 0 Å². The second-order valence-corrected chi connectivity index (χ2v) is 7.23. The Kier molecular flexibility index (Phi) is 2.97. The second-order valence-electron chi connectivity index (χ2n) is 6.28. The molecule has 0 radical (unpaired) electrons. The molecule has 0 unspecified atom stereocenters. The van der Waals surface area contributed by atoms with E-state index in [0.29, 0.717) is 0 Å². The number of hydrogen-bond donors (Lipinski definition) is 0. The van der Waals surface area contributed by atoms with Crippen LogP contribution in [0.15, 0.2) is 78.2 Å². The Balaban J connectivity index is 2.10. The summed E-state index contributed by atoms with van der Waals surface area (Å²) in [5.74, 6) is 0. The number of thiophene rings is 1. The highest BCUT2D eigenvalue weighted by atomic mass is 32.1. The zero-order chi connectivity index (χ0) is 16.1. The van der Waals surface area contributed by atoms with Crippen LogP contribution in [-0.2, 0) is 0 Å². The van der Waals surface area contributed by atoms with Crippen LogP contribution in [0.4, 0.5) is 0 Å². The van der Waals surface area contributed by atoms with Gasteiger partial charge in [0, 0.05) is 10.4 Å². The van der Waals surface area contributed by atoms with Crippen LogP contribution < -0.4 is 0 Å². The van der Waals surface area contributed by atoms with Crippen LogP contribution in [0.2, 0.25) is 0 Å². The Morgan fingerprint density at radius 2 is 1.38 bits per heavy atom. The summed E-state index contributed by atoms with van der Waals surface area (Å²) < 4.78 is 0. The molecule has 0 aliphatic heterocycles. The summed E-state index contributed by atoms with van der Waals surface area (Å²) in [6.07, 6.45) is 0. The molecule has 0 atom stereocenters. The van der Waals surface area contributed by atoms with E-state index >= 15 is 0 Å². The molecule has 0 aliphatic carbocycles. The molecule has 0 bridgehead atoms. The van der Waals surface area contributed by atoms with E-state index in [-0.39, 0.29) is 0 Å². The van der Waals surface area contributed by atoms with Crippen molar-refractivity contribution in [1.82, 2.24) is 0 Å². The lowest BCUT2D eigenvalue weighted by molar-refractivity contribution is 1.56. The van der Waals surface area contributed by atoms with Gasteiger partial charge in [0.1, 0.15) is 0 Å². The lowest BCUT2D eigenvalue weighted by Gasteiger charge is -2.14. The van der Waals surface area contributed by atoms with Gasteiger partial charge in [-0.3, -0.25) is 0 Å². The molecule has 0 nitrogen and oxygen atoms in total. The zero-order valence-electron chi connectivity index (χ0n) is 13.4. The number of hydrogen-bond acceptors (Lipinski definition) is 1. The van der Waals surface area contributed by atoms with Crippen molar-refractivity contribution >= 4 is 43.7 Å². The number of aryl methyl sites for hydroxylation is 1. The third-order valence-electron chi connectivity index (χ3n) is 4.86.